The molecule has 0 aliphatic carbocycles. The number of nitrogens with one attached hydrogen (secondary N) is 1. The van der Waals surface area contributed by atoms with E-state index in [-0.39, 0.29) is 11.9 Å². The Morgan fingerprint density at radius 2 is 2.44 bits per heavy atom. The molecule has 1 amide bonds. The zero-order chi connectivity index (χ0) is 13.0. The number of nitrogens with zero attached hydrogens (tertiary/aromatic N) is 2. The molecule has 1 unspecified atom stereocenters. The molecule has 3 N–H and O–H groups in total. The summed E-state index contributed by atoms with van der Waals surface area (Å²) in [6.45, 7) is 0.722. The molecular weight excluding hydrogens is 232 g/mol. The standard InChI is InChI=1S/C12H16N4O2/c1-18-8-9(6-13)15-12(17)10-7-14-16-5-3-2-4-11(10)16/h2-5,7,9H,6,8,13H2,1H3,(H,15,17). The van der Waals surface area contributed by atoms with Crippen LogP contribution >= 0.6 is 0 Å². The molecule has 0 radical (unpaired) electrons. The minimum Gasteiger partial charge on any atom is -0.383 e. The molecule has 18 heavy (non-hydrogen) atoms. The summed E-state index contributed by atoms with van der Waals surface area (Å²) in [5.74, 6) is -0.191. The van der Waals surface area contributed by atoms with E-state index in [1.807, 2.05) is 18.2 Å². The largest absolute Gasteiger partial charge is 0.383 e. The molecule has 96 valence electrons. The van der Waals surface area contributed by atoms with Crippen molar-refractivity contribution in [3.63, 3.8) is 0 Å². The van der Waals surface area contributed by atoms with Crippen LogP contribution in [0.25, 0.3) is 5.52 Å². The third-order valence-electron chi connectivity index (χ3n) is 2.66. The fourth-order valence-corrected chi connectivity index (χ4v) is 1.74. The van der Waals surface area contributed by atoms with Crippen molar-refractivity contribution >= 4 is 11.4 Å². The minimum absolute atomic E-state index is 0.191. The van der Waals surface area contributed by atoms with Gasteiger partial charge in [0, 0.05) is 19.9 Å². The van der Waals surface area contributed by atoms with Gasteiger partial charge < -0.3 is 15.8 Å². The highest BCUT2D eigenvalue weighted by atomic mass is 16.5. The molecule has 0 aromatic carbocycles. The lowest BCUT2D eigenvalue weighted by molar-refractivity contribution is 0.0902. The van der Waals surface area contributed by atoms with Crippen molar-refractivity contribution in [2.24, 2.45) is 5.73 Å². The van der Waals surface area contributed by atoms with Crippen LogP contribution in [-0.4, -0.2) is 41.8 Å². The van der Waals surface area contributed by atoms with E-state index in [0.717, 1.165) is 5.52 Å². The van der Waals surface area contributed by atoms with Gasteiger partial charge in [-0.15, -0.1) is 0 Å². The monoisotopic (exact) mass is 248 g/mol. The number of carbonyl (C=O) groups is 1. The topological polar surface area (TPSA) is 81.6 Å². The number of pyridine rings is 1. The van der Waals surface area contributed by atoms with Crippen LogP contribution in [0.3, 0.4) is 0 Å². The molecule has 0 aliphatic heterocycles. The molecule has 2 aromatic heterocycles. The Morgan fingerprint density at radius 1 is 1.61 bits per heavy atom. The van der Waals surface area contributed by atoms with Crippen LogP contribution in [0.2, 0.25) is 0 Å². The average molecular weight is 248 g/mol. The summed E-state index contributed by atoms with van der Waals surface area (Å²) in [5, 5.41) is 6.93. The fraction of sp³-hybridized carbons (Fsp3) is 0.333. The Labute approximate surface area is 105 Å². The van der Waals surface area contributed by atoms with E-state index in [2.05, 4.69) is 10.4 Å². The lowest BCUT2D eigenvalue weighted by Crippen LogP contribution is -2.43. The number of amides is 1. The Morgan fingerprint density at radius 3 is 3.17 bits per heavy atom. The van der Waals surface area contributed by atoms with Gasteiger partial charge in [-0.1, -0.05) is 6.07 Å². The van der Waals surface area contributed by atoms with Crippen molar-refractivity contribution in [3.05, 3.63) is 36.2 Å². The Bertz CT molecular complexity index is 538. The first-order chi connectivity index (χ1) is 8.76. The summed E-state index contributed by atoms with van der Waals surface area (Å²) < 4.78 is 6.64. The third-order valence-corrected chi connectivity index (χ3v) is 2.66. The highest BCUT2D eigenvalue weighted by Crippen LogP contribution is 2.09. The lowest BCUT2D eigenvalue weighted by atomic mass is 10.2. The number of aromatic nitrogens is 2. The van der Waals surface area contributed by atoms with E-state index in [9.17, 15) is 4.79 Å². The number of hydrogen-bond donors (Lipinski definition) is 2. The van der Waals surface area contributed by atoms with Gasteiger partial charge in [-0.05, 0) is 12.1 Å². The van der Waals surface area contributed by atoms with Gasteiger partial charge in [0.15, 0.2) is 0 Å². The molecule has 0 spiro atoms. The summed E-state index contributed by atoms with van der Waals surface area (Å²) in [7, 11) is 1.57. The van der Waals surface area contributed by atoms with Crippen LogP contribution in [0.5, 0.6) is 0 Å². The lowest BCUT2D eigenvalue weighted by Gasteiger charge is -2.15. The van der Waals surface area contributed by atoms with Crippen LogP contribution in [0.1, 0.15) is 10.4 Å². The molecule has 6 heteroatoms. The van der Waals surface area contributed by atoms with Crippen LogP contribution < -0.4 is 11.1 Å². The van der Waals surface area contributed by atoms with E-state index in [1.165, 1.54) is 0 Å². The number of nitrogens with two attached hydrogens (primary N) is 1. The van der Waals surface area contributed by atoms with Crippen molar-refractivity contribution in [1.29, 1.82) is 0 Å². The van der Waals surface area contributed by atoms with Crippen LogP contribution in [0.4, 0.5) is 0 Å². The second kappa shape index (κ2) is 5.61. The Hall–Kier alpha value is -1.92. The van der Waals surface area contributed by atoms with Gasteiger partial charge in [0.2, 0.25) is 0 Å². The van der Waals surface area contributed by atoms with Gasteiger partial charge in [-0.2, -0.15) is 5.10 Å². The first-order valence-corrected chi connectivity index (χ1v) is 5.68. The molecule has 6 nitrogen and oxygen atoms in total. The molecule has 0 saturated heterocycles. The number of fused-ring (bicyclic) bond motifs is 1. The predicted molar refractivity (Wildman–Crippen MR) is 67.4 cm³/mol. The molecule has 2 heterocycles. The second-order valence-electron chi connectivity index (χ2n) is 3.95. The summed E-state index contributed by atoms with van der Waals surface area (Å²) in [5.41, 5.74) is 6.86. The van der Waals surface area contributed by atoms with Gasteiger partial charge in [0.05, 0.1) is 29.9 Å². The summed E-state index contributed by atoms with van der Waals surface area (Å²) in [6, 6.07) is 5.37. The van der Waals surface area contributed by atoms with Crippen molar-refractivity contribution in [3.8, 4) is 0 Å². The van der Waals surface area contributed by atoms with E-state index in [4.69, 9.17) is 10.5 Å². The SMILES string of the molecule is COCC(CN)NC(=O)c1cnn2ccccc12. The highest BCUT2D eigenvalue weighted by Gasteiger charge is 2.15. The van der Waals surface area contributed by atoms with Crippen LogP contribution in [-0.2, 0) is 4.74 Å². The first kappa shape index (κ1) is 12.5. The highest BCUT2D eigenvalue weighted by molar-refractivity contribution is 6.00. The average Bonchev–Trinajstić information content (AvgIpc) is 2.82. The Balaban J connectivity index is 2.18. The van der Waals surface area contributed by atoms with Crippen molar-refractivity contribution in [2.45, 2.75) is 6.04 Å². The second-order valence-corrected chi connectivity index (χ2v) is 3.95. The van der Waals surface area contributed by atoms with Gasteiger partial charge in [-0.3, -0.25) is 4.79 Å². The fourth-order valence-electron chi connectivity index (χ4n) is 1.74. The normalized spacial score (nSPS) is 12.6. The maximum absolute atomic E-state index is 12.1. The van der Waals surface area contributed by atoms with Gasteiger partial charge in [0.25, 0.3) is 5.91 Å². The summed E-state index contributed by atoms with van der Waals surface area (Å²) in [4.78, 5) is 12.1. The number of methoxy groups -OCH3 is 1. The number of ether oxygens (including phenoxy) is 1. The van der Waals surface area contributed by atoms with Gasteiger partial charge in [0.1, 0.15) is 0 Å². The molecular formula is C12H16N4O2. The molecule has 2 aromatic rings. The predicted octanol–water partition coefficient (Wildman–Crippen LogP) is 0.0378. The summed E-state index contributed by atoms with van der Waals surface area (Å²) in [6.07, 6.45) is 3.34. The van der Waals surface area contributed by atoms with E-state index < -0.39 is 0 Å². The third kappa shape index (κ3) is 2.49. The maximum atomic E-state index is 12.1. The maximum Gasteiger partial charge on any atom is 0.255 e. The molecule has 2 rings (SSSR count). The van der Waals surface area contributed by atoms with Gasteiger partial charge in [-0.25, -0.2) is 4.52 Å². The Kier molecular flexibility index (Phi) is 3.91. The van der Waals surface area contributed by atoms with Crippen molar-refractivity contribution < 1.29 is 9.53 Å². The number of rotatable bonds is 5. The molecule has 0 aliphatic rings. The zero-order valence-corrected chi connectivity index (χ0v) is 10.2. The van der Waals surface area contributed by atoms with E-state index >= 15 is 0 Å². The van der Waals surface area contributed by atoms with Crippen LogP contribution in [0, 0.1) is 0 Å². The molecule has 1 atom stereocenters. The number of hydrogen-bond acceptors (Lipinski definition) is 4. The first-order valence-electron chi connectivity index (χ1n) is 5.68. The van der Waals surface area contributed by atoms with Crippen molar-refractivity contribution in [1.82, 2.24) is 14.9 Å². The van der Waals surface area contributed by atoms with Gasteiger partial charge >= 0.3 is 0 Å². The van der Waals surface area contributed by atoms with Crippen LogP contribution in [0.15, 0.2) is 30.6 Å². The smallest absolute Gasteiger partial charge is 0.255 e. The van der Waals surface area contributed by atoms with E-state index in [0.29, 0.717) is 18.7 Å². The van der Waals surface area contributed by atoms with Crippen molar-refractivity contribution in [2.75, 3.05) is 20.3 Å². The summed E-state index contributed by atoms with van der Waals surface area (Å²) >= 11 is 0. The number of carbonyl (C=O) groups excluding carboxylic acids is 1. The van der Waals surface area contributed by atoms with E-state index in [1.54, 1.807) is 24.0 Å². The molecule has 0 fully saturated rings. The quantitative estimate of drug-likeness (QED) is 0.782. The minimum atomic E-state index is -0.193. The zero-order valence-electron chi connectivity index (χ0n) is 10.2. The molecule has 0 saturated carbocycles. The molecule has 0 bridgehead atoms.